The largest absolute Gasteiger partial charge is 0.480 e. The number of rotatable bonds is 4. The number of nitrogens with zero attached hydrogens (tertiary/aromatic N) is 1. The lowest BCUT2D eigenvalue weighted by Crippen LogP contribution is -2.24. The van der Waals surface area contributed by atoms with Gasteiger partial charge in [0.05, 0.1) is 19.2 Å². The lowest BCUT2D eigenvalue weighted by Gasteiger charge is -2.04. The summed E-state index contributed by atoms with van der Waals surface area (Å²) in [4.78, 5) is 15.5. The van der Waals surface area contributed by atoms with E-state index in [-0.39, 0.29) is 13.2 Å². The molecule has 0 saturated carbocycles. The van der Waals surface area contributed by atoms with E-state index in [0.29, 0.717) is 11.4 Å². The molecule has 0 unspecified atom stereocenters. The zero-order valence-corrected chi connectivity index (χ0v) is 12.2. The van der Waals surface area contributed by atoms with Crippen LogP contribution in [0.1, 0.15) is 11.1 Å². The van der Waals surface area contributed by atoms with Gasteiger partial charge in [-0.05, 0) is 17.7 Å². The van der Waals surface area contributed by atoms with Gasteiger partial charge < -0.3 is 14.8 Å². The maximum Gasteiger partial charge on any atom is 0.408 e. The highest BCUT2D eigenvalue weighted by Gasteiger charge is 2.01. The number of benzene rings is 1. The molecule has 0 bridgehead atoms. The highest BCUT2D eigenvalue weighted by molar-refractivity contribution is 5.67. The number of carbonyl (C=O) groups excluding carboxylic acids is 1. The highest BCUT2D eigenvalue weighted by Crippen LogP contribution is 2.11. The molecular weight excluding hydrogens is 280 g/mol. The quantitative estimate of drug-likeness (QED) is 0.880. The van der Waals surface area contributed by atoms with Crippen molar-refractivity contribution < 1.29 is 14.3 Å². The maximum atomic E-state index is 11.5. The van der Waals surface area contributed by atoms with Crippen LogP contribution in [-0.4, -0.2) is 24.7 Å². The summed E-state index contributed by atoms with van der Waals surface area (Å²) in [7, 11) is 1.53. The summed E-state index contributed by atoms with van der Waals surface area (Å²) in [6, 6.07) is 13.0. The average molecular weight is 296 g/mol. The van der Waals surface area contributed by atoms with Crippen LogP contribution >= 0.6 is 0 Å². The van der Waals surface area contributed by atoms with Gasteiger partial charge in [-0.2, -0.15) is 0 Å². The molecular formula is C17H16N2O3. The maximum absolute atomic E-state index is 11.5. The summed E-state index contributed by atoms with van der Waals surface area (Å²) in [6.45, 7) is 0.419. The van der Waals surface area contributed by atoms with Crippen molar-refractivity contribution in [2.45, 2.75) is 6.61 Å². The summed E-state index contributed by atoms with van der Waals surface area (Å²) in [6.07, 6.45) is 1.12. The van der Waals surface area contributed by atoms with E-state index in [1.807, 2.05) is 30.3 Å². The normalized spacial score (nSPS) is 9.32. The Morgan fingerprint density at radius 3 is 2.82 bits per heavy atom. The van der Waals surface area contributed by atoms with Crippen molar-refractivity contribution in [1.29, 1.82) is 0 Å². The van der Waals surface area contributed by atoms with Crippen molar-refractivity contribution in [2.24, 2.45) is 0 Å². The Kier molecular flexibility index (Phi) is 5.82. The lowest BCUT2D eigenvalue weighted by molar-refractivity contribution is 0.141. The molecule has 0 aliphatic rings. The van der Waals surface area contributed by atoms with Crippen molar-refractivity contribution in [1.82, 2.24) is 10.3 Å². The molecule has 22 heavy (non-hydrogen) atoms. The van der Waals surface area contributed by atoms with Crippen molar-refractivity contribution in [3.63, 3.8) is 0 Å². The first-order valence-corrected chi connectivity index (χ1v) is 6.72. The summed E-state index contributed by atoms with van der Waals surface area (Å²) >= 11 is 0. The van der Waals surface area contributed by atoms with Gasteiger partial charge >= 0.3 is 6.09 Å². The molecule has 1 heterocycles. The summed E-state index contributed by atoms with van der Waals surface area (Å²) < 4.78 is 10.2. The second-order valence-electron chi connectivity index (χ2n) is 4.28. The molecule has 0 aliphatic heterocycles. The molecule has 2 aromatic rings. The van der Waals surface area contributed by atoms with Gasteiger partial charge in [0.1, 0.15) is 6.61 Å². The van der Waals surface area contributed by atoms with Crippen molar-refractivity contribution in [2.75, 3.05) is 13.7 Å². The number of ether oxygens (including phenoxy) is 2. The van der Waals surface area contributed by atoms with E-state index in [2.05, 4.69) is 22.1 Å². The van der Waals surface area contributed by atoms with E-state index < -0.39 is 6.09 Å². The zero-order valence-electron chi connectivity index (χ0n) is 12.2. The Labute approximate surface area is 129 Å². The van der Waals surface area contributed by atoms with Crippen molar-refractivity contribution in [3.8, 4) is 17.7 Å². The Bertz CT molecular complexity index is 675. The van der Waals surface area contributed by atoms with Crippen LogP contribution in [0, 0.1) is 11.8 Å². The van der Waals surface area contributed by atoms with Gasteiger partial charge in [-0.15, -0.1) is 0 Å². The number of hydrogen-bond acceptors (Lipinski definition) is 4. The lowest BCUT2D eigenvalue weighted by atomic mass is 10.2. The molecule has 0 atom stereocenters. The summed E-state index contributed by atoms with van der Waals surface area (Å²) in [5, 5.41) is 2.56. The van der Waals surface area contributed by atoms with Gasteiger partial charge in [-0.3, -0.25) is 0 Å². The van der Waals surface area contributed by atoms with Gasteiger partial charge in [0, 0.05) is 6.20 Å². The number of nitrogens with one attached hydrogen (secondary N) is 1. The summed E-state index contributed by atoms with van der Waals surface area (Å²) in [5.41, 5.74) is 1.60. The number of alkyl carbamates (subject to hydrolysis) is 1. The van der Waals surface area contributed by atoms with Gasteiger partial charge in [0.15, 0.2) is 0 Å². The molecule has 0 radical (unpaired) electrons. The molecule has 112 valence electrons. The number of methoxy groups -OCH3 is 1. The first-order chi connectivity index (χ1) is 10.8. The molecule has 1 aromatic heterocycles. The first-order valence-electron chi connectivity index (χ1n) is 6.72. The van der Waals surface area contributed by atoms with Gasteiger partial charge in [0.25, 0.3) is 0 Å². The second kappa shape index (κ2) is 8.32. The van der Waals surface area contributed by atoms with Crippen LogP contribution in [0.4, 0.5) is 4.79 Å². The average Bonchev–Trinajstić information content (AvgIpc) is 2.58. The molecule has 1 amide bonds. The SMILES string of the molecule is COc1ncccc1C#CCNC(=O)OCc1ccccc1. The van der Waals surface area contributed by atoms with Crippen LogP contribution in [0.3, 0.4) is 0 Å². The molecule has 0 spiro atoms. The molecule has 2 rings (SSSR count). The number of aromatic nitrogens is 1. The fourth-order valence-corrected chi connectivity index (χ4v) is 1.68. The molecule has 1 aromatic carbocycles. The number of hydrogen-bond donors (Lipinski definition) is 1. The minimum absolute atomic E-state index is 0.186. The third-order valence-electron chi connectivity index (χ3n) is 2.72. The topological polar surface area (TPSA) is 60.5 Å². The van der Waals surface area contributed by atoms with E-state index in [1.165, 1.54) is 7.11 Å². The van der Waals surface area contributed by atoms with Crippen LogP contribution in [-0.2, 0) is 11.3 Å². The summed E-state index contributed by atoms with van der Waals surface area (Å²) in [5.74, 6) is 6.17. The van der Waals surface area contributed by atoms with E-state index in [4.69, 9.17) is 9.47 Å². The Morgan fingerprint density at radius 2 is 2.05 bits per heavy atom. The predicted octanol–water partition coefficient (Wildman–Crippen LogP) is 2.37. The van der Waals surface area contributed by atoms with Crippen LogP contribution in [0.5, 0.6) is 5.88 Å². The smallest absolute Gasteiger partial charge is 0.408 e. The number of pyridine rings is 1. The third kappa shape index (κ3) is 4.84. The Balaban J connectivity index is 1.77. The molecule has 0 aliphatic carbocycles. The van der Waals surface area contributed by atoms with Gasteiger partial charge in [0.2, 0.25) is 5.88 Å². The predicted molar refractivity (Wildman–Crippen MR) is 82.3 cm³/mol. The van der Waals surface area contributed by atoms with Crippen LogP contribution in [0.2, 0.25) is 0 Å². The highest BCUT2D eigenvalue weighted by atomic mass is 16.5. The fourth-order valence-electron chi connectivity index (χ4n) is 1.68. The van der Waals surface area contributed by atoms with Crippen molar-refractivity contribution in [3.05, 3.63) is 59.8 Å². The Hall–Kier alpha value is -3.00. The van der Waals surface area contributed by atoms with Gasteiger partial charge in [-0.25, -0.2) is 9.78 Å². The van der Waals surface area contributed by atoms with E-state index in [1.54, 1.807) is 18.3 Å². The van der Waals surface area contributed by atoms with Crippen LogP contribution in [0.25, 0.3) is 0 Å². The standard InChI is InChI=1S/C17H16N2O3/c1-21-16-15(9-5-11-18-16)10-6-12-19-17(20)22-13-14-7-3-2-4-8-14/h2-5,7-9,11H,12-13H2,1H3,(H,19,20). The molecule has 5 nitrogen and oxygen atoms in total. The number of carbonyl (C=O) groups is 1. The van der Waals surface area contributed by atoms with E-state index in [0.717, 1.165) is 5.56 Å². The molecule has 5 heteroatoms. The van der Waals surface area contributed by atoms with E-state index >= 15 is 0 Å². The first kappa shape index (κ1) is 15.4. The van der Waals surface area contributed by atoms with Gasteiger partial charge in [-0.1, -0.05) is 42.2 Å². The minimum Gasteiger partial charge on any atom is -0.480 e. The van der Waals surface area contributed by atoms with Crippen molar-refractivity contribution >= 4 is 6.09 Å². The zero-order chi connectivity index (χ0) is 15.6. The number of amides is 1. The minimum atomic E-state index is -0.503. The molecule has 0 fully saturated rings. The van der Waals surface area contributed by atoms with E-state index in [9.17, 15) is 4.79 Å². The second-order valence-corrected chi connectivity index (χ2v) is 4.28. The molecule has 1 N–H and O–H groups in total. The Morgan fingerprint density at radius 1 is 1.23 bits per heavy atom. The fraction of sp³-hybridized carbons (Fsp3) is 0.176. The van der Waals surface area contributed by atoms with Crippen LogP contribution in [0.15, 0.2) is 48.7 Å². The molecule has 0 saturated heterocycles. The monoisotopic (exact) mass is 296 g/mol. The van der Waals surface area contributed by atoms with Crippen LogP contribution < -0.4 is 10.1 Å². The third-order valence-corrected chi connectivity index (χ3v) is 2.72.